The number of rotatable bonds is 6. The minimum atomic E-state index is -1.41. The van der Waals surface area contributed by atoms with Gasteiger partial charge in [-0.05, 0) is 19.4 Å². The molecular weight excluding hydrogens is 330 g/mol. The molecule has 2 aromatic rings. The highest BCUT2D eigenvalue weighted by Gasteiger charge is 2.19. The monoisotopic (exact) mass is 348 g/mol. The van der Waals surface area contributed by atoms with E-state index in [1.54, 1.807) is 19.1 Å². The van der Waals surface area contributed by atoms with Gasteiger partial charge in [0.05, 0.1) is 43.6 Å². The van der Waals surface area contributed by atoms with Crippen LogP contribution in [0.3, 0.4) is 0 Å². The zero-order chi connectivity index (χ0) is 18.7. The Morgan fingerprint density at radius 1 is 1.28 bits per heavy atom. The maximum absolute atomic E-state index is 12.3. The molecule has 1 amide bonds. The van der Waals surface area contributed by atoms with Gasteiger partial charge in [0.2, 0.25) is 5.91 Å². The number of hydrogen-bond donors (Lipinski definition) is 1. The van der Waals surface area contributed by atoms with Crippen LogP contribution >= 0.6 is 0 Å². The van der Waals surface area contributed by atoms with Gasteiger partial charge in [0.25, 0.3) is 0 Å². The van der Waals surface area contributed by atoms with Gasteiger partial charge in [0.15, 0.2) is 0 Å². The standard InChI is InChI=1S/C17H19NO7/c1-8-11(7-14(19)18-9(2)16(20)21)17(22)25-13-6-10(23-3)5-12(24-4)15(8)13/h5-6,9H,7H2,1-4H3,(H,18,19)(H,20,21)/p-1/t9-/m0/s1. The van der Waals surface area contributed by atoms with Crippen LogP contribution in [-0.4, -0.2) is 32.1 Å². The van der Waals surface area contributed by atoms with Crippen LogP contribution < -0.4 is 25.5 Å². The Bertz CT molecular complexity index is 885. The molecule has 1 atom stereocenters. The maximum atomic E-state index is 12.3. The molecule has 0 radical (unpaired) electrons. The normalized spacial score (nSPS) is 11.8. The Labute approximate surface area is 143 Å². The fourth-order valence-electron chi connectivity index (χ4n) is 2.48. The van der Waals surface area contributed by atoms with Crippen molar-refractivity contribution in [3.63, 3.8) is 0 Å². The molecule has 8 nitrogen and oxygen atoms in total. The molecule has 1 aromatic heterocycles. The molecule has 1 N–H and O–H groups in total. The molecule has 0 aliphatic carbocycles. The van der Waals surface area contributed by atoms with Crippen molar-refractivity contribution in [1.29, 1.82) is 0 Å². The largest absolute Gasteiger partial charge is 0.548 e. The molecule has 8 heteroatoms. The molecular formula is C17H18NO7-. The number of benzene rings is 1. The molecule has 0 spiro atoms. The number of methoxy groups -OCH3 is 2. The summed E-state index contributed by atoms with van der Waals surface area (Å²) in [7, 11) is 2.94. The van der Waals surface area contributed by atoms with E-state index >= 15 is 0 Å². The van der Waals surface area contributed by atoms with Crippen molar-refractivity contribution < 1.29 is 28.6 Å². The van der Waals surface area contributed by atoms with E-state index in [-0.39, 0.29) is 17.6 Å². The van der Waals surface area contributed by atoms with Crippen molar-refractivity contribution >= 4 is 22.8 Å². The number of carboxylic acids is 1. The third kappa shape index (κ3) is 3.73. The summed E-state index contributed by atoms with van der Waals surface area (Å²) in [5.41, 5.74) is 0.226. The van der Waals surface area contributed by atoms with Crippen LogP contribution in [0.5, 0.6) is 11.5 Å². The number of carbonyl (C=O) groups is 2. The van der Waals surface area contributed by atoms with Crippen molar-refractivity contribution in [2.24, 2.45) is 0 Å². The summed E-state index contributed by atoms with van der Waals surface area (Å²) < 4.78 is 15.7. The third-order valence-corrected chi connectivity index (χ3v) is 3.84. The van der Waals surface area contributed by atoms with Gasteiger partial charge in [0, 0.05) is 12.1 Å². The first-order valence-electron chi connectivity index (χ1n) is 7.47. The highest BCUT2D eigenvalue weighted by Crippen LogP contribution is 2.33. The summed E-state index contributed by atoms with van der Waals surface area (Å²) in [6.45, 7) is 2.94. The summed E-state index contributed by atoms with van der Waals surface area (Å²) >= 11 is 0. The van der Waals surface area contributed by atoms with Crippen LogP contribution in [0, 0.1) is 6.92 Å². The Kier molecular flexibility index (Phi) is 5.31. The fourth-order valence-corrected chi connectivity index (χ4v) is 2.48. The van der Waals surface area contributed by atoms with E-state index in [2.05, 4.69) is 5.32 Å². The molecule has 25 heavy (non-hydrogen) atoms. The highest BCUT2D eigenvalue weighted by molar-refractivity contribution is 5.90. The van der Waals surface area contributed by atoms with Gasteiger partial charge in [-0.25, -0.2) is 4.79 Å². The molecule has 0 fully saturated rings. The fraction of sp³-hybridized carbons (Fsp3) is 0.353. The second-order valence-electron chi connectivity index (χ2n) is 5.48. The third-order valence-electron chi connectivity index (χ3n) is 3.84. The number of fused-ring (bicyclic) bond motifs is 1. The Hall–Kier alpha value is -3.03. The molecule has 1 aromatic carbocycles. The lowest BCUT2D eigenvalue weighted by atomic mass is 10.0. The zero-order valence-electron chi connectivity index (χ0n) is 14.3. The van der Waals surface area contributed by atoms with E-state index in [1.165, 1.54) is 21.1 Å². The van der Waals surface area contributed by atoms with Crippen molar-refractivity contribution in [1.82, 2.24) is 5.32 Å². The van der Waals surface area contributed by atoms with E-state index in [0.717, 1.165) is 0 Å². The number of nitrogens with one attached hydrogen (secondary N) is 1. The summed E-state index contributed by atoms with van der Waals surface area (Å²) in [6, 6.07) is 2.02. The lowest BCUT2D eigenvalue weighted by Gasteiger charge is -2.15. The first-order valence-corrected chi connectivity index (χ1v) is 7.47. The molecule has 0 aliphatic rings. The van der Waals surface area contributed by atoms with Gasteiger partial charge in [-0.15, -0.1) is 0 Å². The molecule has 1 heterocycles. The summed E-state index contributed by atoms with van der Waals surface area (Å²) in [5.74, 6) is -1.15. The molecule has 2 rings (SSSR count). The van der Waals surface area contributed by atoms with Gasteiger partial charge in [-0.3, -0.25) is 4.79 Å². The highest BCUT2D eigenvalue weighted by atomic mass is 16.5. The molecule has 0 saturated carbocycles. The van der Waals surface area contributed by atoms with Crippen LogP contribution in [-0.2, 0) is 16.0 Å². The quantitative estimate of drug-likeness (QED) is 0.725. The van der Waals surface area contributed by atoms with Gasteiger partial charge in [-0.1, -0.05) is 0 Å². The van der Waals surface area contributed by atoms with Gasteiger partial charge in [-0.2, -0.15) is 0 Å². The SMILES string of the molecule is COc1cc(OC)c2c(C)c(CC(=O)N[C@@H](C)C(=O)[O-])c(=O)oc2c1. The number of carboxylic acid groups (broad SMARTS) is 1. The summed E-state index contributed by atoms with van der Waals surface area (Å²) in [4.78, 5) is 34.9. The lowest BCUT2D eigenvalue weighted by Crippen LogP contribution is -2.46. The van der Waals surface area contributed by atoms with Crippen molar-refractivity contribution in [3.05, 3.63) is 33.7 Å². The van der Waals surface area contributed by atoms with Gasteiger partial charge in [0.1, 0.15) is 17.1 Å². The van der Waals surface area contributed by atoms with E-state index < -0.39 is 23.5 Å². The molecule has 0 bridgehead atoms. The molecule has 0 unspecified atom stereocenters. The molecule has 0 aliphatic heterocycles. The molecule has 0 saturated heterocycles. The predicted molar refractivity (Wildman–Crippen MR) is 86.6 cm³/mol. The number of carbonyl (C=O) groups excluding carboxylic acids is 2. The average molecular weight is 348 g/mol. The second-order valence-corrected chi connectivity index (χ2v) is 5.48. The Morgan fingerprint density at radius 2 is 1.96 bits per heavy atom. The predicted octanol–water partition coefficient (Wildman–Crippen LogP) is -0.0843. The van der Waals surface area contributed by atoms with Gasteiger partial charge >= 0.3 is 5.63 Å². The number of aryl methyl sites for hydroxylation is 1. The number of hydrogen-bond acceptors (Lipinski definition) is 7. The van der Waals surface area contributed by atoms with Crippen molar-refractivity contribution in [2.45, 2.75) is 26.3 Å². The molecule has 134 valence electrons. The Balaban J connectivity index is 2.50. The first-order chi connectivity index (χ1) is 11.8. The second kappa shape index (κ2) is 7.25. The van der Waals surface area contributed by atoms with Crippen LogP contribution in [0.15, 0.2) is 21.3 Å². The van der Waals surface area contributed by atoms with E-state index in [0.29, 0.717) is 22.4 Å². The Morgan fingerprint density at radius 3 is 2.52 bits per heavy atom. The average Bonchev–Trinajstić information content (AvgIpc) is 2.56. The topological polar surface area (TPSA) is 118 Å². The van der Waals surface area contributed by atoms with Crippen LogP contribution in [0.1, 0.15) is 18.1 Å². The first kappa shape index (κ1) is 18.3. The van der Waals surface area contributed by atoms with Gasteiger partial charge < -0.3 is 29.1 Å². The van der Waals surface area contributed by atoms with Crippen molar-refractivity contribution in [2.75, 3.05) is 14.2 Å². The number of ether oxygens (including phenoxy) is 2. The minimum Gasteiger partial charge on any atom is -0.548 e. The summed E-state index contributed by atoms with van der Waals surface area (Å²) in [6.07, 6.45) is -0.323. The summed E-state index contributed by atoms with van der Waals surface area (Å²) in [5, 5.41) is 13.5. The number of aliphatic carboxylic acids is 1. The van der Waals surface area contributed by atoms with Crippen LogP contribution in [0.25, 0.3) is 11.0 Å². The lowest BCUT2D eigenvalue weighted by molar-refractivity contribution is -0.307. The van der Waals surface area contributed by atoms with Crippen LogP contribution in [0.4, 0.5) is 0 Å². The maximum Gasteiger partial charge on any atom is 0.340 e. The smallest absolute Gasteiger partial charge is 0.340 e. The number of amides is 1. The van der Waals surface area contributed by atoms with Crippen molar-refractivity contribution in [3.8, 4) is 11.5 Å². The van der Waals surface area contributed by atoms with Crippen LogP contribution in [0.2, 0.25) is 0 Å². The van der Waals surface area contributed by atoms with E-state index in [4.69, 9.17) is 13.9 Å². The zero-order valence-corrected chi connectivity index (χ0v) is 14.3. The van der Waals surface area contributed by atoms with E-state index in [9.17, 15) is 19.5 Å². The minimum absolute atomic E-state index is 0.124. The van der Waals surface area contributed by atoms with E-state index in [1.807, 2.05) is 0 Å².